The standard InChI is InChI=1S/C57H35N5O/c1-34-26-28-35(29-27-34)54-56(60-46-20-8-2-14-36(46)37-15-3-9-21-47(37)60)44(32-58)55(45(33-59)57(54)61-48-22-10-4-16-38(48)39-17-5-11-23-49(39)61)62-50-24-12-6-18-40(50)42-30-43-41-19-7-13-25-52(41)63-53(43)31-51(42)62/h2-31,40,50H,1H3. The molecule has 0 spiro atoms. The van der Waals surface area contributed by atoms with Gasteiger partial charge in [-0.3, -0.25) is 0 Å². The average molecular weight is 806 g/mol. The lowest BCUT2D eigenvalue weighted by Gasteiger charge is -2.33. The molecule has 2 unspecified atom stereocenters. The molecule has 0 N–H and O–H groups in total. The van der Waals surface area contributed by atoms with E-state index in [9.17, 15) is 10.5 Å². The Hall–Kier alpha value is -8.58. The zero-order valence-electron chi connectivity index (χ0n) is 34.1. The summed E-state index contributed by atoms with van der Waals surface area (Å²) in [5.74, 6) is -0.0497. The number of anilines is 2. The zero-order chi connectivity index (χ0) is 41.9. The first-order valence-corrected chi connectivity index (χ1v) is 21.3. The van der Waals surface area contributed by atoms with E-state index in [0.29, 0.717) is 16.8 Å². The summed E-state index contributed by atoms with van der Waals surface area (Å²) in [7, 11) is 0. The summed E-state index contributed by atoms with van der Waals surface area (Å²) in [5.41, 5.74) is 13.1. The van der Waals surface area contributed by atoms with E-state index in [2.05, 4.69) is 197 Å². The molecule has 0 bridgehead atoms. The second kappa shape index (κ2) is 13.2. The molecule has 3 aromatic heterocycles. The molecule has 0 amide bonds. The average Bonchev–Trinajstić information content (AvgIpc) is 4.06. The van der Waals surface area contributed by atoms with Crippen molar-refractivity contribution in [3.05, 3.63) is 204 Å². The number of benzene rings is 8. The van der Waals surface area contributed by atoms with Gasteiger partial charge in [-0.05, 0) is 54.4 Å². The van der Waals surface area contributed by atoms with Crippen LogP contribution in [0.25, 0.3) is 88.1 Å². The number of aromatic nitrogens is 2. The van der Waals surface area contributed by atoms with Gasteiger partial charge in [0.05, 0.1) is 45.2 Å². The molecule has 0 saturated heterocycles. The quantitative estimate of drug-likeness (QED) is 0.178. The van der Waals surface area contributed by atoms with Gasteiger partial charge in [0.15, 0.2) is 0 Å². The molecule has 63 heavy (non-hydrogen) atoms. The van der Waals surface area contributed by atoms with Crippen LogP contribution in [0.2, 0.25) is 0 Å². The molecule has 11 aromatic rings. The summed E-state index contributed by atoms with van der Waals surface area (Å²) < 4.78 is 11.1. The van der Waals surface area contributed by atoms with Crippen LogP contribution in [0.4, 0.5) is 11.4 Å². The van der Waals surface area contributed by atoms with Crippen molar-refractivity contribution in [3.63, 3.8) is 0 Å². The molecule has 8 aromatic carbocycles. The van der Waals surface area contributed by atoms with E-state index in [1.807, 2.05) is 18.2 Å². The first-order valence-electron chi connectivity index (χ1n) is 21.3. The molecule has 2 atom stereocenters. The third kappa shape index (κ3) is 4.81. The van der Waals surface area contributed by atoms with Gasteiger partial charge in [-0.1, -0.05) is 145 Å². The van der Waals surface area contributed by atoms with E-state index < -0.39 is 0 Å². The van der Waals surface area contributed by atoms with Crippen molar-refractivity contribution in [1.82, 2.24) is 9.13 Å². The summed E-state index contributed by atoms with van der Waals surface area (Å²) in [4.78, 5) is 2.26. The molecular formula is C57H35N5O. The van der Waals surface area contributed by atoms with Gasteiger partial charge in [0.2, 0.25) is 0 Å². The number of fused-ring (bicyclic) bond motifs is 12. The molecule has 13 rings (SSSR count). The highest BCUT2D eigenvalue weighted by Gasteiger charge is 2.43. The van der Waals surface area contributed by atoms with Crippen LogP contribution in [0.5, 0.6) is 0 Å². The predicted molar refractivity (Wildman–Crippen MR) is 255 cm³/mol. The molecule has 0 fully saturated rings. The fourth-order valence-electron chi connectivity index (χ4n) is 10.7. The zero-order valence-corrected chi connectivity index (χ0v) is 34.1. The number of para-hydroxylation sites is 5. The smallest absolute Gasteiger partial charge is 0.137 e. The Morgan fingerprint density at radius 3 is 1.52 bits per heavy atom. The molecule has 6 heteroatoms. The summed E-state index contributed by atoms with van der Waals surface area (Å²) >= 11 is 0. The highest BCUT2D eigenvalue weighted by atomic mass is 16.3. The molecule has 4 heterocycles. The minimum absolute atomic E-state index is 0.0497. The molecule has 0 radical (unpaired) electrons. The van der Waals surface area contributed by atoms with E-state index in [1.165, 1.54) is 0 Å². The maximum Gasteiger partial charge on any atom is 0.137 e. The Labute approximate surface area is 362 Å². The summed E-state index contributed by atoms with van der Waals surface area (Å²) in [6, 6.07) is 60.1. The number of hydrogen-bond acceptors (Lipinski definition) is 4. The Bertz CT molecular complexity index is 3660. The molecule has 0 saturated carbocycles. The van der Waals surface area contributed by atoms with Crippen molar-refractivity contribution in [2.24, 2.45) is 0 Å². The van der Waals surface area contributed by atoms with Crippen molar-refractivity contribution in [2.75, 3.05) is 4.90 Å². The third-order valence-corrected chi connectivity index (χ3v) is 13.4. The van der Waals surface area contributed by atoms with Crippen molar-refractivity contribution >= 4 is 76.9 Å². The van der Waals surface area contributed by atoms with Crippen LogP contribution in [0, 0.1) is 29.6 Å². The Kier molecular flexibility index (Phi) is 7.38. The Morgan fingerprint density at radius 1 is 0.492 bits per heavy atom. The summed E-state index contributed by atoms with van der Waals surface area (Å²) in [6.45, 7) is 2.09. The van der Waals surface area contributed by atoms with Gasteiger partial charge in [0.1, 0.15) is 34.4 Å². The fraction of sp³-hybridized carbons (Fsp3) is 0.0526. The van der Waals surface area contributed by atoms with Crippen molar-refractivity contribution in [1.29, 1.82) is 10.5 Å². The normalized spacial score (nSPS) is 15.5. The number of nitriles is 2. The first-order chi connectivity index (χ1) is 31.1. The number of hydrogen-bond donors (Lipinski definition) is 0. The van der Waals surface area contributed by atoms with E-state index in [0.717, 1.165) is 105 Å². The Morgan fingerprint density at radius 2 is 0.984 bits per heavy atom. The lowest BCUT2D eigenvalue weighted by atomic mass is 9.89. The van der Waals surface area contributed by atoms with E-state index >= 15 is 0 Å². The fourth-order valence-corrected chi connectivity index (χ4v) is 10.7. The lowest BCUT2D eigenvalue weighted by molar-refractivity contribution is 0.669. The second-order valence-electron chi connectivity index (χ2n) is 16.7. The summed E-state index contributed by atoms with van der Waals surface area (Å²) in [5, 5.41) is 30.5. The van der Waals surface area contributed by atoms with Gasteiger partial charge in [-0.2, -0.15) is 10.5 Å². The highest BCUT2D eigenvalue weighted by molar-refractivity contribution is 6.14. The first kappa shape index (κ1) is 35.2. The molecular weight excluding hydrogens is 771 g/mol. The van der Waals surface area contributed by atoms with Gasteiger partial charge in [-0.15, -0.1) is 0 Å². The van der Waals surface area contributed by atoms with Crippen LogP contribution in [-0.2, 0) is 0 Å². The van der Waals surface area contributed by atoms with Crippen LogP contribution in [-0.4, -0.2) is 15.2 Å². The number of aryl methyl sites for hydroxylation is 1. The number of furan rings is 1. The van der Waals surface area contributed by atoms with Crippen LogP contribution in [0.3, 0.4) is 0 Å². The van der Waals surface area contributed by atoms with Crippen LogP contribution >= 0.6 is 0 Å². The summed E-state index contributed by atoms with van der Waals surface area (Å²) in [6.07, 6.45) is 8.65. The molecule has 1 aliphatic heterocycles. The van der Waals surface area contributed by atoms with Gasteiger partial charge in [0.25, 0.3) is 0 Å². The maximum absolute atomic E-state index is 12.1. The Balaban J connectivity index is 1.28. The largest absolute Gasteiger partial charge is 0.456 e. The van der Waals surface area contributed by atoms with Crippen molar-refractivity contribution in [3.8, 4) is 34.6 Å². The topological polar surface area (TPSA) is 73.8 Å². The molecule has 2 aliphatic rings. The SMILES string of the molecule is Cc1ccc(-c2c(-n3c4ccccc4c4ccccc43)c(C#N)c(N3c4cc5oc6ccccc6c5cc4C4C=CC=CC43)c(C#N)c2-n2c3ccccc3c3ccccc32)cc1. The van der Waals surface area contributed by atoms with Crippen LogP contribution in [0.1, 0.15) is 28.2 Å². The van der Waals surface area contributed by atoms with E-state index in [-0.39, 0.29) is 12.0 Å². The lowest BCUT2D eigenvalue weighted by Crippen LogP contribution is -2.30. The number of nitrogens with zero attached hydrogens (tertiary/aromatic N) is 5. The van der Waals surface area contributed by atoms with E-state index in [1.54, 1.807) is 0 Å². The monoisotopic (exact) mass is 805 g/mol. The van der Waals surface area contributed by atoms with Crippen LogP contribution in [0.15, 0.2) is 186 Å². The van der Waals surface area contributed by atoms with Gasteiger partial charge in [-0.25, -0.2) is 0 Å². The van der Waals surface area contributed by atoms with E-state index in [4.69, 9.17) is 4.42 Å². The molecule has 6 nitrogen and oxygen atoms in total. The molecule has 1 aliphatic carbocycles. The molecule has 294 valence electrons. The van der Waals surface area contributed by atoms with Gasteiger partial charge in [0, 0.05) is 55.6 Å². The van der Waals surface area contributed by atoms with Crippen molar-refractivity contribution in [2.45, 2.75) is 18.9 Å². The van der Waals surface area contributed by atoms with Gasteiger partial charge < -0.3 is 18.5 Å². The van der Waals surface area contributed by atoms with Gasteiger partial charge >= 0.3 is 0 Å². The van der Waals surface area contributed by atoms with Crippen molar-refractivity contribution < 1.29 is 4.42 Å². The highest BCUT2D eigenvalue weighted by Crippen LogP contribution is 2.55. The predicted octanol–water partition coefficient (Wildman–Crippen LogP) is 14.2. The maximum atomic E-state index is 12.1. The minimum atomic E-state index is -0.232. The number of rotatable bonds is 4. The second-order valence-corrected chi connectivity index (χ2v) is 16.7. The minimum Gasteiger partial charge on any atom is -0.456 e. The number of allylic oxidation sites excluding steroid dienone is 2. The third-order valence-electron chi connectivity index (χ3n) is 13.4. The van der Waals surface area contributed by atoms with Crippen LogP contribution < -0.4 is 4.90 Å².